The molecule has 0 unspecified atom stereocenters. The van der Waals surface area contributed by atoms with E-state index in [-0.39, 0.29) is 0 Å². The predicted molar refractivity (Wildman–Crippen MR) is 71.7 cm³/mol. The number of hydrogen-bond donors (Lipinski definition) is 1. The summed E-state index contributed by atoms with van der Waals surface area (Å²) < 4.78 is 1.20. The molecule has 1 heterocycles. The van der Waals surface area contributed by atoms with Crippen molar-refractivity contribution in [2.45, 2.75) is 0 Å². The Morgan fingerprint density at radius 3 is 2.53 bits per heavy atom. The summed E-state index contributed by atoms with van der Waals surface area (Å²) in [6.07, 6.45) is 1.67. The van der Waals surface area contributed by atoms with Crippen molar-refractivity contribution in [1.29, 1.82) is 0 Å². The number of nitrogens with one attached hydrogen (secondary N) is 1. The van der Waals surface area contributed by atoms with Gasteiger partial charge in [-0.05, 0) is 59.0 Å². The Kier molecular flexibility index (Phi) is 3.43. The molecule has 15 heavy (non-hydrogen) atoms. The van der Waals surface area contributed by atoms with Gasteiger partial charge in [0.15, 0.2) is 5.15 Å². The van der Waals surface area contributed by atoms with Crippen molar-refractivity contribution in [2.24, 2.45) is 0 Å². The van der Waals surface area contributed by atoms with E-state index < -0.39 is 0 Å². The molecule has 0 radical (unpaired) electrons. The molecule has 0 atom stereocenters. The fourth-order valence-corrected chi connectivity index (χ4v) is 1.69. The van der Waals surface area contributed by atoms with E-state index in [1.165, 1.54) is 3.57 Å². The number of anilines is 2. The number of benzene rings is 1. The summed E-state index contributed by atoms with van der Waals surface area (Å²) in [7, 11) is 0. The van der Waals surface area contributed by atoms with E-state index in [9.17, 15) is 0 Å². The molecule has 1 aromatic heterocycles. The molecular weight excluding hydrogens is 322 g/mol. The van der Waals surface area contributed by atoms with Crippen LogP contribution in [0.2, 0.25) is 5.15 Å². The van der Waals surface area contributed by atoms with Crippen LogP contribution in [0.15, 0.2) is 42.6 Å². The van der Waals surface area contributed by atoms with Crippen molar-refractivity contribution < 1.29 is 0 Å². The molecule has 0 saturated carbocycles. The van der Waals surface area contributed by atoms with Gasteiger partial charge in [0.1, 0.15) is 0 Å². The molecule has 0 fully saturated rings. The first-order valence-electron chi connectivity index (χ1n) is 4.39. The molecule has 0 spiro atoms. The molecule has 0 amide bonds. The fourth-order valence-electron chi connectivity index (χ4n) is 1.17. The van der Waals surface area contributed by atoms with E-state index in [4.69, 9.17) is 11.6 Å². The van der Waals surface area contributed by atoms with Gasteiger partial charge in [0.25, 0.3) is 0 Å². The average molecular weight is 331 g/mol. The van der Waals surface area contributed by atoms with Gasteiger partial charge in [-0.1, -0.05) is 11.6 Å². The molecule has 4 heteroatoms. The number of nitrogens with zero attached hydrogens (tertiary/aromatic N) is 1. The second kappa shape index (κ2) is 4.81. The molecule has 76 valence electrons. The van der Waals surface area contributed by atoms with Gasteiger partial charge in [-0.25, -0.2) is 4.98 Å². The lowest BCUT2D eigenvalue weighted by Gasteiger charge is -2.06. The zero-order valence-corrected chi connectivity index (χ0v) is 10.7. The van der Waals surface area contributed by atoms with Gasteiger partial charge in [0.2, 0.25) is 0 Å². The molecule has 2 aromatic rings. The third kappa shape index (κ3) is 2.82. The summed E-state index contributed by atoms with van der Waals surface area (Å²) in [5.74, 6) is 0. The summed E-state index contributed by atoms with van der Waals surface area (Å²) in [5, 5.41) is 3.68. The highest BCUT2D eigenvalue weighted by atomic mass is 127. The minimum absolute atomic E-state index is 0.482. The van der Waals surface area contributed by atoms with Crippen LogP contribution < -0.4 is 5.32 Å². The first kappa shape index (κ1) is 10.7. The maximum absolute atomic E-state index is 5.93. The van der Waals surface area contributed by atoms with Crippen LogP contribution in [-0.4, -0.2) is 4.98 Å². The summed E-state index contributed by atoms with van der Waals surface area (Å²) in [4.78, 5) is 3.99. The molecule has 1 N–H and O–H groups in total. The normalized spacial score (nSPS) is 10.0. The molecule has 0 aliphatic rings. The summed E-state index contributed by atoms with van der Waals surface area (Å²) in [5.41, 5.74) is 1.82. The first-order chi connectivity index (χ1) is 7.25. The highest BCUT2D eigenvalue weighted by Crippen LogP contribution is 2.22. The number of rotatable bonds is 2. The Hall–Kier alpha value is -0.810. The van der Waals surface area contributed by atoms with Gasteiger partial charge in [-0.2, -0.15) is 0 Å². The largest absolute Gasteiger partial charge is 0.353 e. The van der Waals surface area contributed by atoms with E-state index in [0.29, 0.717) is 5.15 Å². The average Bonchev–Trinajstić information content (AvgIpc) is 2.25. The van der Waals surface area contributed by atoms with Crippen LogP contribution in [0.5, 0.6) is 0 Å². The predicted octanol–water partition coefficient (Wildman–Crippen LogP) is 4.08. The van der Waals surface area contributed by atoms with Gasteiger partial charge in [-0.15, -0.1) is 0 Å². The Morgan fingerprint density at radius 1 is 1.13 bits per heavy atom. The van der Waals surface area contributed by atoms with Gasteiger partial charge in [0.05, 0.1) is 5.69 Å². The molecule has 2 rings (SSSR count). The molecule has 1 aromatic carbocycles. The van der Waals surface area contributed by atoms with Crippen LogP contribution >= 0.6 is 34.2 Å². The lowest BCUT2D eigenvalue weighted by atomic mass is 10.3. The van der Waals surface area contributed by atoms with Gasteiger partial charge in [0, 0.05) is 15.5 Å². The number of hydrogen-bond acceptors (Lipinski definition) is 2. The van der Waals surface area contributed by atoms with E-state index in [2.05, 4.69) is 32.9 Å². The van der Waals surface area contributed by atoms with Crippen LogP contribution in [-0.2, 0) is 0 Å². The van der Waals surface area contributed by atoms with Crippen LogP contribution in [0.1, 0.15) is 0 Å². The number of halogens is 2. The lowest BCUT2D eigenvalue weighted by Crippen LogP contribution is -1.91. The van der Waals surface area contributed by atoms with Crippen molar-refractivity contribution >= 4 is 45.6 Å². The smallest absolute Gasteiger partial charge is 0.152 e. The van der Waals surface area contributed by atoms with E-state index >= 15 is 0 Å². The molecule has 0 aliphatic carbocycles. The summed E-state index contributed by atoms with van der Waals surface area (Å²) in [6.45, 7) is 0. The van der Waals surface area contributed by atoms with Crippen molar-refractivity contribution in [1.82, 2.24) is 4.98 Å². The van der Waals surface area contributed by atoms with Crippen LogP contribution in [0.4, 0.5) is 11.4 Å². The zero-order chi connectivity index (χ0) is 10.7. The Bertz CT molecular complexity index is 456. The Labute approximate surface area is 107 Å². The van der Waals surface area contributed by atoms with Crippen molar-refractivity contribution in [3.8, 4) is 0 Å². The second-order valence-electron chi connectivity index (χ2n) is 2.97. The van der Waals surface area contributed by atoms with E-state index in [1.54, 1.807) is 6.20 Å². The third-order valence-electron chi connectivity index (χ3n) is 1.88. The molecular formula is C11H8ClIN2. The number of pyridine rings is 1. The quantitative estimate of drug-likeness (QED) is 0.663. The maximum Gasteiger partial charge on any atom is 0.152 e. The summed E-state index contributed by atoms with van der Waals surface area (Å²) in [6, 6.07) is 11.8. The molecule has 0 saturated heterocycles. The first-order valence-corrected chi connectivity index (χ1v) is 5.84. The molecule has 0 aliphatic heterocycles. The highest BCUT2D eigenvalue weighted by Gasteiger charge is 1.99. The monoisotopic (exact) mass is 330 g/mol. The van der Waals surface area contributed by atoms with Crippen LogP contribution in [0.25, 0.3) is 0 Å². The van der Waals surface area contributed by atoms with Crippen molar-refractivity contribution in [2.75, 3.05) is 5.32 Å². The zero-order valence-electron chi connectivity index (χ0n) is 7.74. The van der Waals surface area contributed by atoms with E-state index in [1.807, 2.05) is 36.4 Å². The Morgan fingerprint density at radius 2 is 1.87 bits per heavy atom. The molecule has 0 bridgehead atoms. The van der Waals surface area contributed by atoms with Crippen molar-refractivity contribution in [3.05, 3.63) is 51.3 Å². The SMILES string of the molecule is Clc1ncccc1Nc1ccc(I)cc1. The standard InChI is InChI=1S/C11H8ClIN2/c12-11-10(2-1-7-14-11)15-9-5-3-8(13)4-6-9/h1-7,15H. The molecule has 2 nitrogen and oxygen atoms in total. The third-order valence-corrected chi connectivity index (χ3v) is 2.90. The highest BCUT2D eigenvalue weighted by molar-refractivity contribution is 14.1. The fraction of sp³-hybridized carbons (Fsp3) is 0. The minimum atomic E-state index is 0.482. The Balaban J connectivity index is 2.22. The van der Waals surface area contributed by atoms with Crippen LogP contribution in [0, 0.1) is 3.57 Å². The van der Waals surface area contributed by atoms with Gasteiger partial charge in [-0.3, -0.25) is 0 Å². The number of aromatic nitrogens is 1. The van der Waals surface area contributed by atoms with Gasteiger partial charge >= 0.3 is 0 Å². The second-order valence-corrected chi connectivity index (χ2v) is 4.58. The minimum Gasteiger partial charge on any atom is -0.353 e. The van der Waals surface area contributed by atoms with Gasteiger partial charge < -0.3 is 5.32 Å². The lowest BCUT2D eigenvalue weighted by molar-refractivity contribution is 1.32. The van der Waals surface area contributed by atoms with E-state index in [0.717, 1.165) is 11.4 Å². The topological polar surface area (TPSA) is 24.9 Å². The van der Waals surface area contributed by atoms with Crippen LogP contribution in [0.3, 0.4) is 0 Å². The van der Waals surface area contributed by atoms with Crippen molar-refractivity contribution in [3.63, 3.8) is 0 Å². The maximum atomic E-state index is 5.93. The summed E-state index contributed by atoms with van der Waals surface area (Å²) >= 11 is 8.20.